The van der Waals surface area contributed by atoms with Gasteiger partial charge in [-0.1, -0.05) is 6.92 Å². The maximum Gasteiger partial charge on any atom is 0.223 e. The van der Waals surface area contributed by atoms with Gasteiger partial charge >= 0.3 is 0 Å². The predicted octanol–water partition coefficient (Wildman–Crippen LogP) is 1.12. The summed E-state index contributed by atoms with van der Waals surface area (Å²) in [4.78, 5) is 16.6. The Morgan fingerprint density at radius 3 is 2.52 bits per heavy atom. The number of ether oxygens (including phenoxy) is 1. The Labute approximate surface area is 138 Å². The molecule has 1 aromatic rings. The minimum Gasteiger partial charge on any atom is -0.503 e. The summed E-state index contributed by atoms with van der Waals surface area (Å²) in [5, 5.41) is 9.71. The first kappa shape index (κ1) is 18.0. The van der Waals surface area contributed by atoms with Crippen LogP contribution in [0.15, 0.2) is 17.1 Å². The highest BCUT2D eigenvalue weighted by Gasteiger charge is 2.17. The molecule has 0 aliphatic carbocycles. The topological polar surface area (TPSA) is 57.9 Å². The Hall–Kier alpha value is -1.37. The van der Waals surface area contributed by atoms with E-state index >= 15 is 0 Å². The quantitative estimate of drug-likeness (QED) is 0.727. The smallest absolute Gasteiger partial charge is 0.223 e. The van der Waals surface area contributed by atoms with Crippen LogP contribution >= 0.6 is 0 Å². The molecule has 0 aromatic carbocycles. The van der Waals surface area contributed by atoms with E-state index in [1.165, 1.54) is 0 Å². The average Bonchev–Trinajstić information content (AvgIpc) is 2.56. The Morgan fingerprint density at radius 2 is 1.87 bits per heavy atom. The summed E-state index contributed by atoms with van der Waals surface area (Å²) in [7, 11) is 0. The van der Waals surface area contributed by atoms with Gasteiger partial charge in [-0.25, -0.2) is 0 Å². The molecule has 0 amide bonds. The van der Waals surface area contributed by atoms with Crippen LogP contribution in [0, 0.1) is 0 Å². The van der Waals surface area contributed by atoms with Crippen molar-refractivity contribution in [3.63, 3.8) is 0 Å². The highest BCUT2D eigenvalue weighted by atomic mass is 16.5. The number of aromatic nitrogens is 1. The number of aromatic hydroxyl groups is 1. The number of nitrogens with zero attached hydrogens (tertiary/aromatic N) is 3. The van der Waals surface area contributed by atoms with Gasteiger partial charge in [0.05, 0.1) is 6.20 Å². The van der Waals surface area contributed by atoms with Crippen molar-refractivity contribution in [2.45, 2.75) is 33.4 Å². The molecule has 0 bridgehead atoms. The fraction of sp³-hybridized carbons (Fsp3) is 0.706. The molecule has 0 unspecified atom stereocenters. The molecule has 6 nitrogen and oxygen atoms in total. The van der Waals surface area contributed by atoms with E-state index in [-0.39, 0.29) is 11.2 Å². The van der Waals surface area contributed by atoms with Crippen LogP contribution in [-0.4, -0.2) is 65.4 Å². The third-order valence-electron chi connectivity index (χ3n) is 4.39. The van der Waals surface area contributed by atoms with E-state index in [0.717, 1.165) is 57.9 Å². The van der Waals surface area contributed by atoms with Crippen LogP contribution < -0.4 is 5.43 Å². The first-order chi connectivity index (χ1) is 11.1. The molecule has 1 saturated heterocycles. The molecule has 6 heteroatoms. The molecular formula is C17H29N3O3. The number of pyridine rings is 1. The van der Waals surface area contributed by atoms with Crippen LogP contribution in [0.1, 0.15) is 26.0 Å². The van der Waals surface area contributed by atoms with Crippen molar-refractivity contribution < 1.29 is 9.84 Å². The van der Waals surface area contributed by atoms with Crippen molar-refractivity contribution in [1.82, 2.24) is 14.4 Å². The fourth-order valence-corrected chi connectivity index (χ4v) is 2.92. The zero-order valence-corrected chi connectivity index (χ0v) is 14.3. The molecule has 1 aliphatic rings. The molecule has 2 rings (SSSR count). The maximum absolute atomic E-state index is 11.8. The van der Waals surface area contributed by atoms with Crippen molar-refractivity contribution in [2.75, 3.05) is 45.9 Å². The molecule has 1 aliphatic heterocycles. The van der Waals surface area contributed by atoms with Gasteiger partial charge in [0.1, 0.15) is 0 Å². The lowest BCUT2D eigenvalue weighted by Crippen LogP contribution is -2.46. The molecule has 0 radical (unpaired) electrons. The largest absolute Gasteiger partial charge is 0.503 e. The maximum atomic E-state index is 11.8. The lowest BCUT2D eigenvalue weighted by molar-refractivity contribution is 0.127. The van der Waals surface area contributed by atoms with Crippen LogP contribution in [0.3, 0.4) is 0 Å². The first-order valence-electron chi connectivity index (χ1n) is 8.58. The monoisotopic (exact) mass is 323 g/mol. The summed E-state index contributed by atoms with van der Waals surface area (Å²) in [5.74, 6) is -0.180. The molecule has 1 aromatic heterocycles. The fourth-order valence-electron chi connectivity index (χ4n) is 2.92. The van der Waals surface area contributed by atoms with Crippen molar-refractivity contribution in [2.24, 2.45) is 0 Å². The number of likely N-dealkylation sites (N-methyl/N-ethyl adjacent to an activating group) is 1. The summed E-state index contributed by atoms with van der Waals surface area (Å²) in [5.41, 5.74) is 0.669. The Balaban J connectivity index is 2.01. The van der Waals surface area contributed by atoms with Gasteiger partial charge < -0.3 is 19.3 Å². The highest BCUT2D eigenvalue weighted by molar-refractivity contribution is 5.20. The van der Waals surface area contributed by atoms with Gasteiger partial charge in [-0.2, -0.15) is 0 Å². The van der Waals surface area contributed by atoms with Gasteiger partial charge in [-0.15, -0.1) is 0 Å². The van der Waals surface area contributed by atoms with E-state index in [0.29, 0.717) is 13.2 Å². The molecule has 1 fully saturated rings. The van der Waals surface area contributed by atoms with Gasteiger partial charge in [-0.05, 0) is 19.9 Å². The minimum absolute atomic E-state index is 0.180. The molecule has 2 heterocycles. The SMILES string of the molecule is CCOCCCn1cc(O)c(=O)cc1CN1CCN(CC)CC1. The average molecular weight is 323 g/mol. The summed E-state index contributed by atoms with van der Waals surface area (Å²) < 4.78 is 7.36. The molecule has 130 valence electrons. The molecule has 1 N–H and O–H groups in total. The van der Waals surface area contributed by atoms with Crippen molar-refractivity contribution >= 4 is 0 Å². The van der Waals surface area contributed by atoms with Gasteiger partial charge in [0.2, 0.25) is 5.43 Å². The third kappa shape index (κ3) is 5.34. The Bertz CT molecular complexity index is 536. The number of aryl methyl sites for hydroxylation is 1. The van der Waals surface area contributed by atoms with Crippen molar-refractivity contribution in [1.29, 1.82) is 0 Å². The molecular weight excluding hydrogens is 294 g/mol. The van der Waals surface area contributed by atoms with E-state index in [1.54, 1.807) is 12.3 Å². The summed E-state index contributed by atoms with van der Waals surface area (Å²) in [6, 6.07) is 1.57. The molecule has 23 heavy (non-hydrogen) atoms. The van der Waals surface area contributed by atoms with E-state index in [4.69, 9.17) is 4.74 Å². The lowest BCUT2D eigenvalue weighted by Gasteiger charge is -2.34. The third-order valence-corrected chi connectivity index (χ3v) is 4.39. The van der Waals surface area contributed by atoms with E-state index in [2.05, 4.69) is 16.7 Å². The van der Waals surface area contributed by atoms with E-state index < -0.39 is 0 Å². The first-order valence-corrected chi connectivity index (χ1v) is 8.58. The van der Waals surface area contributed by atoms with Crippen LogP contribution in [0.5, 0.6) is 5.75 Å². The minimum atomic E-state index is -0.298. The molecule has 0 atom stereocenters. The van der Waals surface area contributed by atoms with Crippen molar-refractivity contribution in [3.8, 4) is 5.75 Å². The van der Waals surface area contributed by atoms with E-state index in [1.807, 2.05) is 11.5 Å². The highest BCUT2D eigenvalue weighted by Crippen LogP contribution is 2.11. The Kier molecular flexibility index (Phi) is 7.08. The zero-order valence-electron chi connectivity index (χ0n) is 14.3. The summed E-state index contributed by atoms with van der Waals surface area (Å²) in [6.45, 7) is 12.3. The Morgan fingerprint density at radius 1 is 1.17 bits per heavy atom. The normalized spacial score (nSPS) is 16.8. The molecule has 0 saturated carbocycles. The van der Waals surface area contributed by atoms with Gasteiger partial charge in [-0.3, -0.25) is 9.69 Å². The van der Waals surface area contributed by atoms with Crippen LogP contribution in [0.2, 0.25) is 0 Å². The second-order valence-corrected chi connectivity index (χ2v) is 5.97. The van der Waals surface area contributed by atoms with Crippen LogP contribution in [-0.2, 0) is 17.8 Å². The van der Waals surface area contributed by atoms with Crippen LogP contribution in [0.25, 0.3) is 0 Å². The summed E-state index contributed by atoms with van der Waals surface area (Å²) >= 11 is 0. The molecule has 0 spiro atoms. The van der Waals surface area contributed by atoms with Gasteiger partial charge in [0.15, 0.2) is 5.75 Å². The number of hydrogen-bond donors (Lipinski definition) is 1. The number of rotatable bonds is 8. The van der Waals surface area contributed by atoms with Crippen molar-refractivity contribution in [3.05, 3.63) is 28.2 Å². The number of hydrogen-bond acceptors (Lipinski definition) is 5. The predicted molar refractivity (Wildman–Crippen MR) is 90.9 cm³/mol. The van der Waals surface area contributed by atoms with Gasteiger partial charge in [0.25, 0.3) is 0 Å². The summed E-state index contributed by atoms with van der Waals surface area (Å²) in [6.07, 6.45) is 2.43. The standard InChI is InChI=1S/C17H29N3O3/c1-3-18-7-9-19(10-8-18)13-15-12-16(21)17(22)14-20(15)6-5-11-23-4-2/h12,14,22H,3-11,13H2,1-2H3. The zero-order chi connectivity index (χ0) is 16.7. The lowest BCUT2D eigenvalue weighted by atomic mass is 10.2. The van der Waals surface area contributed by atoms with Gasteiger partial charge in [0, 0.05) is 64.2 Å². The number of piperazine rings is 1. The second kappa shape index (κ2) is 9.05. The van der Waals surface area contributed by atoms with E-state index in [9.17, 15) is 9.90 Å². The van der Waals surface area contributed by atoms with Crippen LogP contribution in [0.4, 0.5) is 0 Å². The second-order valence-electron chi connectivity index (χ2n) is 5.97.